The molecule has 0 saturated carbocycles. The molecule has 0 aliphatic carbocycles. The van der Waals surface area contributed by atoms with Gasteiger partial charge in [-0.3, -0.25) is 0 Å². The molecular formula is C10H13Cl2NO. The summed E-state index contributed by atoms with van der Waals surface area (Å²) in [4.78, 5) is 0. The van der Waals surface area contributed by atoms with E-state index in [0.29, 0.717) is 16.5 Å². The first-order chi connectivity index (χ1) is 6.63. The largest absolute Gasteiger partial charge is 0.396 e. The SMILES string of the molecule is N[C@@H](CCCO)c1cc(Cl)cc(Cl)c1. The Morgan fingerprint density at radius 1 is 1.21 bits per heavy atom. The van der Waals surface area contributed by atoms with Crippen molar-refractivity contribution in [2.24, 2.45) is 5.73 Å². The zero-order chi connectivity index (χ0) is 10.6. The Bertz CT molecular complexity index is 284. The van der Waals surface area contributed by atoms with Gasteiger partial charge in [-0.2, -0.15) is 0 Å². The standard InChI is InChI=1S/C10H13Cl2NO/c11-8-4-7(5-9(12)6-8)10(13)2-1-3-14/h4-6,10,14H,1-3,13H2/t10-/m0/s1. The number of halogens is 2. The smallest absolute Gasteiger partial charge is 0.0431 e. The van der Waals surface area contributed by atoms with E-state index in [1.165, 1.54) is 0 Å². The van der Waals surface area contributed by atoms with Crippen LogP contribution in [0.5, 0.6) is 0 Å². The normalized spacial score (nSPS) is 12.9. The van der Waals surface area contributed by atoms with Crippen molar-refractivity contribution < 1.29 is 5.11 Å². The third kappa shape index (κ3) is 3.46. The van der Waals surface area contributed by atoms with E-state index in [9.17, 15) is 0 Å². The summed E-state index contributed by atoms with van der Waals surface area (Å²) in [5, 5.41) is 9.84. The van der Waals surface area contributed by atoms with Crippen LogP contribution >= 0.6 is 23.2 Å². The predicted molar refractivity (Wildman–Crippen MR) is 59.7 cm³/mol. The summed E-state index contributed by atoms with van der Waals surface area (Å²) >= 11 is 11.7. The van der Waals surface area contributed by atoms with Gasteiger partial charge in [-0.1, -0.05) is 23.2 Å². The van der Waals surface area contributed by atoms with Gasteiger partial charge in [0.15, 0.2) is 0 Å². The lowest BCUT2D eigenvalue weighted by Crippen LogP contribution is -2.10. The summed E-state index contributed by atoms with van der Waals surface area (Å²) in [5.41, 5.74) is 6.80. The molecule has 1 aromatic carbocycles. The molecule has 0 fully saturated rings. The molecule has 2 nitrogen and oxygen atoms in total. The predicted octanol–water partition coefficient (Wildman–Crippen LogP) is 2.77. The van der Waals surface area contributed by atoms with E-state index in [-0.39, 0.29) is 12.6 Å². The van der Waals surface area contributed by atoms with Crippen molar-refractivity contribution in [3.63, 3.8) is 0 Å². The Labute approximate surface area is 93.6 Å². The van der Waals surface area contributed by atoms with Crippen molar-refractivity contribution in [3.8, 4) is 0 Å². The molecule has 1 atom stereocenters. The van der Waals surface area contributed by atoms with Crippen molar-refractivity contribution in [2.45, 2.75) is 18.9 Å². The van der Waals surface area contributed by atoms with Crippen LogP contribution in [0.15, 0.2) is 18.2 Å². The maximum atomic E-state index is 8.66. The number of nitrogens with two attached hydrogens (primary N) is 1. The van der Waals surface area contributed by atoms with Gasteiger partial charge in [-0.25, -0.2) is 0 Å². The van der Waals surface area contributed by atoms with Crippen LogP contribution in [-0.2, 0) is 0 Å². The first-order valence-corrected chi connectivity index (χ1v) is 5.21. The molecule has 0 radical (unpaired) electrons. The topological polar surface area (TPSA) is 46.2 Å². The van der Waals surface area contributed by atoms with E-state index < -0.39 is 0 Å². The molecule has 0 bridgehead atoms. The molecule has 14 heavy (non-hydrogen) atoms. The van der Waals surface area contributed by atoms with Gasteiger partial charge in [0.1, 0.15) is 0 Å². The molecule has 0 amide bonds. The van der Waals surface area contributed by atoms with Crippen LogP contribution in [0, 0.1) is 0 Å². The Hall–Kier alpha value is -0.280. The summed E-state index contributed by atoms with van der Waals surface area (Å²) in [6, 6.07) is 5.16. The van der Waals surface area contributed by atoms with Crippen molar-refractivity contribution >= 4 is 23.2 Å². The maximum absolute atomic E-state index is 8.66. The highest BCUT2D eigenvalue weighted by molar-refractivity contribution is 6.34. The van der Waals surface area contributed by atoms with Crippen LogP contribution in [0.25, 0.3) is 0 Å². The van der Waals surface area contributed by atoms with Gasteiger partial charge in [0.2, 0.25) is 0 Å². The number of rotatable bonds is 4. The zero-order valence-corrected chi connectivity index (χ0v) is 9.22. The number of aliphatic hydroxyl groups is 1. The molecule has 3 N–H and O–H groups in total. The minimum atomic E-state index is -0.113. The lowest BCUT2D eigenvalue weighted by molar-refractivity contribution is 0.280. The minimum Gasteiger partial charge on any atom is -0.396 e. The molecule has 1 rings (SSSR count). The molecule has 0 unspecified atom stereocenters. The van der Waals surface area contributed by atoms with E-state index in [2.05, 4.69) is 0 Å². The lowest BCUT2D eigenvalue weighted by Gasteiger charge is -2.11. The maximum Gasteiger partial charge on any atom is 0.0431 e. The Morgan fingerprint density at radius 2 is 1.79 bits per heavy atom. The molecule has 78 valence electrons. The molecule has 0 heterocycles. The van der Waals surface area contributed by atoms with Crippen LogP contribution in [0.3, 0.4) is 0 Å². The average molecular weight is 234 g/mol. The van der Waals surface area contributed by atoms with Gasteiger partial charge in [-0.15, -0.1) is 0 Å². The van der Waals surface area contributed by atoms with Crippen molar-refractivity contribution in [2.75, 3.05) is 6.61 Å². The summed E-state index contributed by atoms with van der Waals surface area (Å²) in [5.74, 6) is 0. The second-order valence-corrected chi connectivity index (χ2v) is 4.05. The van der Waals surface area contributed by atoms with Crippen LogP contribution < -0.4 is 5.73 Å². The summed E-state index contributed by atoms with van der Waals surface area (Å²) < 4.78 is 0. The van der Waals surface area contributed by atoms with E-state index >= 15 is 0 Å². The second-order valence-electron chi connectivity index (χ2n) is 3.18. The van der Waals surface area contributed by atoms with E-state index in [4.69, 9.17) is 34.0 Å². The van der Waals surface area contributed by atoms with E-state index in [0.717, 1.165) is 12.0 Å². The van der Waals surface area contributed by atoms with Crippen molar-refractivity contribution in [1.82, 2.24) is 0 Å². The second kappa shape index (κ2) is 5.56. The Kier molecular flexibility index (Phi) is 4.69. The summed E-state index contributed by atoms with van der Waals surface area (Å²) in [7, 11) is 0. The van der Waals surface area contributed by atoms with Crippen LogP contribution in [0.1, 0.15) is 24.4 Å². The summed E-state index contributed by atoms with van der Waals surface area (Å²) in [6.45, 7) is 0.155. The molecule has 0 aliphatic rings. The first-order valence-electron chi connectivity index (χ1n) is 4.46. The highest BCUT2D eigenvalue weighted by atomic mass is 35.5. The van der Waals surface area contributed by atoms with E-state index in [1.54, 1.807) is 18.2 Å². The monoisotopic (exact) mass is 233 g/mol. The van der Waals surface area contributed by atoms with Gasteiger partial charge in [0.25, 0.3) is 0 Å². The number of aliphatic hydroxyl groups excluding tert-OH is 1. The fourth-order valence-electron chi connectivity index (χ4n) is 1.27. The van der Waals surface area contributed by atoms with Crippen LogP contribution in [0.2, 0.25) is 10.0 Å². The molecular weight excluding hydrogens is 221 g/mol. The molecule has 0 spiro atoms. The highest BCUT2D eigenvalue weighted by Gasteiger charge is 2.07. The average Bonchev–Trinajstić information content (AvgIpc) is 2.12. The zero-order valence-electron chi connectivity index (χ0n) is 7.71. The molecule has 0 aliphatic heterocycles. The molecule has 1 aromatic rings. The Balaban J connectivity index is 2.73. The third-order valence-corrected chi connectivity index (χ3v) is 2.42. The fraction of sp³-hybridized carbons (Fsp3) is 0.400. The number of benzene rings is 1. The van der Waals surface area contributed by atoms with Crippen LogP contribution in [-0.4, -0.2) is 11.7 Å². The third-order valence-electron chi connectivity index (χ3n) is 1.99. The van der Waals surface area contributed by atoms with Gasteiger partial charge in [0, 0.05) is 22.7 Å². The summed E-state index contributed by atoms with van der Waals surface area (Å²) in [6.07, 6.45) is 1.42. The molecule has 4 heteroatoms. The molecule has 0 saturated heterocycles. The van der Waals surface area contributed by atoms with Crippen molar-refractivity contribution in [3.05, 3.63) is 33.8 Å². The number of hydrogen-bond donors (Lipinski definition) is 2. The van der Waals surface area contributed by atoms with Gasteiger partial charge >= 0.3 is 0 Å². The minimum absolute atomic E-state index is 0.113. The van der Waals surface area contributed by atoms with Crippen LogP contribution in [0.4, 0.5) is 0 Å². The van der Waals surface area contributed by atoms with Gasteiger partial charge in [-0.05, 0) is 36.6 Å². The number of hydrogen-bond acceptors (Lipinski definition) is 2. The molecule has 0 aromatic heterocycles. The van der Waals surface area contributed by atoms with Crippen molar-refractivity contribution in [1.29, 1.82) is 0 Å². The van der Waals surface area contributed by atoms with Gasteiger partial charge < -0.3 is 10.8 Å². The lowest BCUT2D eigenvalue weighted by atomic mass is 10.0. The highest BCUT2D eigenvalue weighted by Crippen LogP contribution is 2.24. The quantitative estimate of drug-likeness (QED) is 0.841. The van der Waals surface area contributed by atoms with Gasteiger partial charge in [0.05, 0.1) is 0 Å². The first kappa shape index (κ1) is 11.8. The Morgan fingerprint density at radius 3 is 2.29 bits per heavy atom. The van der Waals surface area contributed by atoms with E-state index in [1.807, 2.05) is 0 Å². The fourth-order valence-corrected chi connectivity index (χ4v) is 1.81.